The molecule has 0 bridgehead atoms. The fourth-order valence-corrected chi connectivity index (χ4v) is 2.94. The van der Waals surface area contributed by atoms with E-state index in [1.807, 2.05) is 6.92 Å². The summed E-state index contributed by atoms with van der Waals surface area (Å²) in [6.07, 6.45) is 0.729. The van der Waals surface area contributed by atoms with Gasteiger partial charge < -0.3 is 24.8 Å². The Bertz CT molecular complexity index is 907. The van der Waals surface area contributed by atoms with Crippen LogP contribution in [0.1, 0.15) is 34.1 Å². The van der Waals surface area contributed by atoms with Crippen LogP contribution in [0.2, 0.25) is 0 Å². The topological polar surface area (TPSA) is 97.9 Å². The van der Waals surface area contributed by atoms with Gasteiger partial charge in [-0.05, 0) is 55.9 Å². The van der Waals surface area contributed by atoms with Crippen molar-refractivity contribution in [1.29, 1.82) is 0 Å². The molecule has 2 aromatic carbocycles. The van der Waals surface area contributed by atoms with E-state index in [0.29, 0.717) is 55.5 Å². The Kier molecular flexibility index (Phi) is 11.1. The average molecular weight is 460 g/mol. The maximum absolute atomic E-state index is 12.7. The molecule has 2 aromatic rings. The van der Waals surface area contributed by atoms with E-state index in [1.165, 1.54) is 0 Å². The number of ether oxygens (including phenoxy) is 3. The zero-order valence-corrected chi connectivity index (χ0v) is 19.1. The van der Waals surface area contributed by atoms with Crippen LogP contribution in [0.5, 0.6) is 5.75 Å². The number of nitrogens with one attached hydrogen (secondary N) is 3. The smallest absolute Gasteiger partial charge is 0.261 e. The summed E-state index contributed by atoms with van der Waals surface area (Å²) in [6.45, 7) is 4.37. The van der Waals surface area contributed by atoms with Crippen LogP contribution in [0, 0.1) is 0 Å². The van der Waals surface area contributed by atoms with Crippen LogP contribution in [0.3, 0.4) is 0 Å². The number of amides is 2. The highest BCUT2D eigenvalue weighted by molar-refractivity contribution is 7.80. The van der Waals surface area contributed by atoms with Crippen molar-refractivity contribution in [2.75, 3.05) is 45.4 Å². The first-order chi connectivity index (χ1) is 15.5. The van der Waals surface area contributed by atoms with Gasteiger partial charge in [0.05, 0.1) is 12.2 Å². The lowest BCUT2D eigenvalue weighted by Gasteiger charge is -2.13. The Balaban J connectivity index is 1.92. The highest BCUT2D eigenvalue weighted by Crippen LogP contribution is 2.18. The summed E-state index contributed by atoms with van der Waals surface area (Å²) >= 11 is 5.27. The fraction of sp³-hybridized carbons (Fsp3) is 0.348. The Morgan fingerprint density at radius 2 is 1.81 bits per heavy atom. The Morgan fingerprint density at radius 3 is 2.59 bits per heavy atom. The maximum atomic E-state index is 12.7. The van der Waals surface area contributed by atoms with Crippen molar-refractivity contribution in [3.05, 3.63) is 59.7 Å². The average Bonchev–Trinajstić information content (AvgIpc) is 2.79. The molecule has 0 fully saturated rings. The number of hydrogen-bond acceptors (Lipinski definition) is 6. The lowest BCUT2D eigenvalue weighted by Crippen LogP contribution is -2.34. The third kappa shape index (κ3) is 8.62. The summed E-state index contributed by atoms with van der Waals surface area (Å²) in [6, 6.07) is 13.8. The predicted molar refractivity (Wildman–Crippen MR) is 127 cm³/mol. The van der Waals surface area contributed by atoms with Gasteiger partial charge in [-0.15, -0.1) is 0 Å². The standard InChI is InChI=1S/C23H29N3O5S/c1-3-30-14-15-31-20-11-5-4-10-19(20)22(28)26-23(32)25-18-9-6-8-17(16-18)21(27)24-12-7-13-29-2/h4-6,8-11,16H,3,7,12-15H2,1-2H3,(H,24,27)(H2,25,26,28,32). The van der Waals surface area contributed by atoms with Crippen LogP contribution < -0.4 is 20.7 Å². The molecule has 0 spiro atoms. The van der Waals surface area contributed by atoms with E-state index in [9.17, 15) is 9.59 Å². The summed E-state index contributed by atoms with van der Waals surface area (Å²) < 4.78 is 15.9. The molecule has 2 amide bonds. The lowest BCUT2D eigenvalue weighted by molar-refractivity contribution is 0.0944. The first kappa shape index (κ1) is 25.3. The van der Waals surface area contributed by atoms with Gasteiger partial charge >= 0.3 is 0 Å². The Hall–Kier alpha value is -3.01. The number of thiocarbonyl (C=S) groups is 1. The molecule has 0 heterocycles. The largest absolute Gasteiger partial charge is 0.490 e. The molecule has 0 aliphatic heterocycles. The highest BCUT2D eigenvalue weighted by atomic mass is 32.1. The van der Waals surface area contributed by atoms with Gasteiger partial charge in [0.2, 0.25) is 0 Å². The van der Waals surface area contributed by atoms with Gasteiger partial charge in [0.15, 0.2) is 5.11 Å². The van der Waals surface area contributed by atoms with Gasteiger partial charge in [-0.25, -0.2) is 0 Å². The van der Waals surface area contributed by atoms with Crippen molar-refractivity contribution in [3.8, 4) is 5.75 Å². The summed E-state index contributed by atoms with van der Waals surface area (Å²) in [5.41, 5.74) is 1.42. The second-order valence-corrected chi connectivity index (χ2v) is 7.04. The van der Waals surface area contributed by atoms with Crippen LogP contribution in [0.15, 0.2) is 48.5 Å². The zero-order valence-electron chi connectivity index (χ0n) is 18.3. The molecule has 0 aliphatic rings. The molecule has 0 aromatic heterocycles. The van der Waals surface area contributed by atoms with Gasteiger partial charge in [0, 0.05) is 38.1 Å². The first-order valence-corrected chi connectivity index (χ1v) is 10.7. The summed E-state index contributed by atoms with van der Waals surface area (Å²) in [7, 11) is 1.62. The minimum atomic E-state index is -0.401. The zero-order chi connectivity index (χ0) is 23.2. The number of para-hydroxylation sites is 1. The fourth-order valence-electron chi connectivity index (χ4n) is 2.73. The van der Waals surface area contributed by atoms with Crippen LogP contribution in [0.4, 0.5) is 5.69 Å². The van der Waals surface area contributed by atoms with Crippen LogP contribution >= 0.6 is 12.2 Å². The molecule has 0 radical (unpaired) electrons. The van der Waals surface area contributed by atoms with E-state index in [-0.39, 0.29) is 11.0 Å². The minimum Gasteiger partial charge on any atom is -0.490 e. The van der Waals surface area contributed by atoms with Gasteiger partial charge in [0.25, 0.3) is 11.8 Å². The molecule has 8 nitrogen and oxygen atoms in total. The molecule has 32 heavy (non-hydrogen) atoms. The van der Waals surface area contributed by atoms with Crippen molar-refractivity contribution in [2.45, 2.75) is 13.3 Å². The summed E-state index contributed by atoms with van der Waals surface area (Å²) in [4.78, 5) is 24.9. The normalized spacial score (nSPS) is 10.3. The number of benzene rings is 2. The number of hydrogen-bond donors (Lipinski definition) is 3. The van der Waals surface area contributed by atoms with E-state index in [2.05, 4.69) is 16.0 Å². The molecule has 0 atom stereocenters. The van der Waals surface area contributed by atoms with E-state index in [0.717, 1.165) is 6.42 Å². The molecule has 9 heteroatoms. The SMILES string of the molecule is CCOCCOc1ccccc1C(=O)NC(=S)Nc1cccc(C(=O)NCCCOC)c1. The molecular formula is C23H29N3O5S. The molecule has 3 N–H and O–H groups in total. The Morgan fingerprint density at radius 1 is 1.00 bits per heavy atom. The summed E-state index contributed by atoms with van der Waals surface area (Å²) in [5, 5.41) is 8.51. The van der Waals surface area contributed by atoms with Crippen molar-refractivity contribution in [3.63, 3.8) is 0 Å². The van der Waals surface area contributed by atoms with Crippen molar-refractivity contribution in [2.24, 2.45) is 0 Å². The molecule has 0 aliphatic carbocycles. The number of anilines is 1. The van der Waals surface area contributed by atoms with E-state index < -0.39 is 5.91 Å². The summed E-state index contributed by atoms with van der Waals surface area (Å²) in [5.74, 6) is -0.154. The van der Waals surface area contributed by atoms with Crippen LogP contribution in [0.25, 0.3) is 0 Å². The second kappa shape index (κ2) is 14.1. The van der Waals surface area contributed by atoms with Crippen molar-refractivity contribution >= 4 is 34.8 Å². The molecular weight excluding hydrogens is 430 g/mol. The monoisotopic (exact) mass is 459 g/mol. The van der Waals surface area contributed by atoms with Crippen molar-refractivity contribution in [1.82, 2.24) is 10.6 Å². The maximum Gasteiger partial charge on any atom is 0.261 e. The third-order valence-corrected chi connectivity index (χ3v) is 4.45. The second-order valence-electron chi connectivity index (χ2n) is 6.63. The highest BCUT2D eigenvalue weighted by Gasteiger charge is 2.14. The van der Waals surface area contributed by atoms with E-state index >= 15 is 0 Å². The van der Waals surface area contributed by atoms with Crippen LogP contribution in [-0.2, 0) is 9.47 Å². The van der Waals surface area contributed by atoms with Gasteiger partial charge in [-0.3, -0.25) is 14.9 Å². The molecule has 0 unspecified atom stereocenters. The lowest BCUT2D eigenvalue weighted by atomic mass is 10.2. The predicted octanol–water partition coefficient (Wildman–Crippen LogP) is 3.00. The van der Waals surface area contributed by atoms with Gasteiger partial charge in [-0.2, -0.15) is 0 Å². The quantitative estimate of drug-likeness (QED) is 0.332. The van der Waals surface area contributed by atoms with E-state index in [4.69, 9.17) is 26.4 Å². The third-order valence-electron chi connectivity index (χ3n) is 4.24. The molecule has 2 rings (SSSR count). The number of carbonyl (C=O) groups is 2. The first-order valence-electron chi connectivity index (χ1n) is 10.3. The van der Waals surface area contributed by atoms with Crippen LogP contribution in [-0.4, -0.2) is 57.0 Å². The number of rotatable bonds is 12. The van der Waals surface area contributed by atoms with Gasteiger partial charge in [0.1, 0.15) is 12.4 Å². The van der Waals surface area contributed by atoms with E-state index in [1.54, 1.807) is 55.6 Å². The minimum absolute atomic E-state index is 0.108. The molecule has 0 saturated heterocycles. The molecule has 0 saturated carbocycles. The molecule has 172 valence electrons. The van der Waals surface area contributed by atoms with Gasteiger partial charge in [-0.1, -0.05) is 18.2 Å². The number of methoxy groups -OCH3 is 1. The van der Waals surface area contributed by atoms with Crippen molar-refractivity contribution < 1.29 is 23.8 Å². The Labute approximate surface area is 193 Å². The number of carbonyl (C=O) groups excluding carboxylic acids is 2.